The highest BCUT2D eigenvalue weighted by molar-refractivity contribution is 5.82. The molecule has 3 heterocycles. The lowest BCUT2D eigenvalue weighted by molar-refractivity contribution is -0.130. The van der Waals surface area contributed by atoms with E-state index in [4.69, 9.17) is 4.52 Å². The molecule has 1 saturated heterocycles. The van der Waals surface area contributed by atoms with Crippen molar-refractivity contribution >= 4 is 22.8 Å². The summed E-state index contributed by atoms with van der Waals surface area (Å²) in [7, 11) is 0. The molecule has 0 saturated carbocycles. The van der Waals surface area contributed by atoms with E-state index in [0.29, 0.717) is 62.2 Å². The molecule has 0 bridgehead atoms. The number of nitrogens with one attached hydrogen (secondary N) is 2. The van der Waals surface area contributed by atoms with Crippen molar-refractivity contribution in [1.82, 2.24) is 25.3 Å². The molecule has 0 radical (unpaired) electrons. The number of hydrogen-bond donors (Lipinski definition) is 2. The number of rotatable bonds is 7. The Balaban J connectivity index is 1.22. The number of carbonyl (C=O) groups excluding carboxylic acids is 2. The summed E-state index contributed by atoms with van der Waals surface area (Å²) in [6.45, 7) is 5.18. The number of benzene rings is 1. The SMILES string of the molecule is Cc1noc(C)c1CCC(=O)N1CCC(C(=O)NCCc2nc3ccc(F)cc3[nH]2)C1. The van der Waals surface area contributed by atoms with Crippen LogP contribution in [0.3, 0.4) is 0 Å². The Labute approximate surface area is 179 Å². The molecule has 9 heteroatoms. The van der Waals surface area contributed by atoms with Crippen molar-refractivity contribution in [3.05, 3.63) is 46.9 Å². The Bertz CT molecular complexity index is 1090. The summed E-state index contributed by atoms with van der Waals surface area (Å²) in [5.41, 5.74) is 3.14. The highest BCUT2D eigenvalue weighted by Crippen LogP contribution is 2.20. The third-order valence-electron chi connectivity index (χ3n) is 5.84. The van der Waals surface area contributed by atoms with Crippen LogP contribution in [-0.2, 0) is 22.4 Å². The Morgan fingerprint density at radius 2 is 2.16 bits per heavy atom. The lowest BCUT2D eigenvalue weighted by atomic mass is 10.1. The quantitative estimate of drug-likeness (QED) is 0.603. The fourth-order valence-electron chi connectivity index (χ4n) is 4.05. The van der Waals surface area contributed by atoms with Crippen molar-refractivity contribution in [3.63, 3.8) is 0 Å². The zero-order valence-corrected chi connectivity index (χ0v) is 17.7. The molecule has 1 fully saturated rings. The van der Waals surface area contributed by atoms with Crippen molar-refractivity contribution in [2.45, 2.75) is 39.5 Å². The van der Waals surface area contributed by atoms with Crippen LogP contribution in [0, 0.1) is 25.6 Å². The van der Waals surface area contributed by atoms with Crippen LogP contribution in [0.4, 0.5) is 4.39 Å². The number of nitrogens with zero attached hydrogens (tertiary/aromatic N) is 3. The summed E-state index contributed by atoms with van der Waals surface area (Å²) < 4.78 is 18.4. The number of likely N-dealkylation sites (tertiary alicyclic amines) is 1. The molecule has 0 spiro atoms. The van der Waals surface area contributed by atoms with Crippen LogP contribution in [0.25, 0.3) is 11.0 Å². The molecular weight excluding hydrogens is 401 g/mol. The molecule has 2 N–H and O–H groups in total. The monoisotopic (exact) mass is 427 g/mol. The molecule has 4 rings (SSSR count). The number of hydrogen-bond acceptors (Lipinski definition) is 5. The number of H-pyrrole nitrogens is 1. The lowest BCUT2D eigenvalue weighted by Crippen LogP contribution is -2.35. The molecule has 1 aliphatic rings. The summed E-state index contributed by atoms with van der Waals surface area (Å²) in [4.78, 5) is 34.3. The van der Waals surface area contributed by atoms with Crippen LogP contribution in [0.1, 0.15) is 35.7 Å². The number of carbonyl (C=O) groups is 2. The van der Waals surface area contributed by atoms with E-state index in [-0.39, 0.29) is 23.5 Å². The zero-order chi connectivity index (χ0) is 22.0. The van der Waals surface area contributed by atoms with Gasteiger partial charge in [-0.15, -0.1) is 0 Å². The van der Waals surface area contributed by atoms with Crippen LogP contribution < -0.4 is 5.32 Å². The van der Waals surface area contributed by atoms with Crippen molar-refractivity contribution in [1.29, 1.82) is 0 Å². The molecule has 31 heavy (non-hydrogen) atoms. The zero-order valence-electron chi connectivity index (χ0n) is 17.7. The summed E-state index contributed by atoms with van der Waals surface area (Å²) in [5.74, 6) is 0.922. The molecule has 2 aromatic heterocycles. The van der Waals surface area contributed by atoms with E-state index < -0.39 is 0 Å². The van der Waals surface area contributed by atoms with E-state index in [1.807, 2.05) is 13.8 Å². The van der Waals surface area contributed by atoms with E-state index in [0.717, 1.165) is 17.0 Å². The van der Waals surface area contributed by atoms with Gasteiger partial charge < -0.3 is 19.7 Å². The van der Waals surface area contributed by atoms with Crippen LogP contribution in [0.2, 0.25) is 0 Å². The minimum atomic E-state index is -0.317. The summed E-state index contributed by atoms with van der Waals surface area (Å²) in [5, 5.41) is 6.84. The molecule has 8 nitrogen and oxygen atoms in total. The van der Waals surface area contributed by atoms with Gasteiger partial charge in [-0.25, -0.2) is 9.37 Å². The van der Waals surface area contributed by atoms with Crippen LogP contribution >= 0.6 is 0 Å². The van der Waals surface area contributed by atoms with Crippen molar-refractivity contribution < 1.29 is 18.5 Å². The standard InChI is InChI=1S/C22H26FN5O3/c1-13-17(14(2)31-27-13)4-6-21(29)28-10-8-15(12-28)22(30)24-9-7-20-25-18-5-3-16(23)11-19(18)26-20/h3,5,11,15H,4,6-10,12H2,1-2H3,(H,24,30)(H,25,26). The summed E-state index contributed by atoms with van der Waals surface area (Å²) in [6, 6.07) is 4.40. The Morgan fingerprint density at radius 1 is 1.32 bits per heavy atom. The predicted octanol–water partition coefficient (Wildman–Crippen LogP) is 2.45. The van der Waals surface area contributed by atoms with Gasteiger partial charge in [-0.05, 0) is 44.9 Å². The maximum atomic E-state index is 13.3. The first-order valence-electron chi connectivity index (χ1n) is 10.5. The summed E-state index contributed by atoms with van der Waals surface area (Å²) in [6.07, 6.45) is 2.15. The van der Waals surface area contributed by atoms with Crippen molar-refractivity contribution in [2.75, 3.05) is 19.6 Å². The lowest BCUT2D eigenvalue weighted by Gasteiger charge is -2.16. The fourth-order valence-corrected chi connectivity index (χ4v) is 4.05. The first-order chi connectivity index (χ1) is 14.9. The van der Waals surface area contributed by atoms with Crippen molar-refractivity contribution in [3.8, 4) is 0 Å². The Hall–Kier alpha value is -3.23. The van der Waals surface area contributed by atoms with Gasteiger partial charge in [0.05, 0.1) is 22.6 Å². The predicted molar refractivity (Wildman–Crippen MR) is 112 cm³/mol. The molecular formula is C22H26FN5O3. The number of aryl methyl sites for hydroxylation is 2. The van der Waals surface area contributed by atoms with Crippen molar-refractivity contribution in [2.24, 2.45) is 5.92 Å². The first kappa shape index (κ1) is 21.0. The number of imidazole rings is 1. The molecule has 1 aliphatic heterocycles. The van der Waals surface area contributed by atoms with Gasteiger partial charge in [-0.1, -0.05) is 5.16 Å². The normalized spacial score (nSPS) is 16.2. The fraction of sp³-hybridized carbons (Fsp3) is 0.455. The highest BCUT2D eigenvalue weighted by atomic mass is 19.1. The molecule has 1 atom stereocenters. The highest BCUT2D eigenvalue weighted by Gasteiger charge is 2.30. The second-order valence-electron chi connectivity index (χ2n) is 8.01. The van der Waals surface area contributed by atoms with Gasteiger partial charge >= 0.3 is 0 Å². The van der Waals surface area contributed by atoms with E-state index in [9.17, 15) is 14.0 Å². The third kappa shape index (κ3) is 4.76. The number of fused-ring (bicyclic) bond motifs is 1. The van der Waals surface area contributed by atoms with E-state index in [1.165, 1.54) is 12.1 Å². The molecule has 0 aliphatic carbocycles. The van der Waals surface area contributed by atoms with E-state index >= 15 is 0 Å². The minimum absolute atomic E-state index is 0.0461. The van der Waals surface area contributed by atoms with E-state index in [2.05, 4.69) is 20.4 Å². The Morgan fingerprint density at radius 3 is 2.94 bits per heavy atom. The van der Waals surface area contributed by atoms with Gasteiger partial charge in [-0.3, -0.25) is 9.59 Å². The third-order valence-corrected chi connectivity index (χ3v) is 5.84. The number of amides is 2. The number of aromatic nitrogens is 3. The van der Waals surface area contributed by atoms with Gasteiger partial charge in [0.25, 0.3) is 0 Å². The number of aromatic amines is 1. The second kappa shape index (κ2) is 8.87. The van der Waals surface area contributed by atoms with Crippen LogP contribution in [0.5, 0.6) is 0 Å². The largest absolute Gasteiger partial charge is 0.361 e. The summed E-state index contributed by atoms with van der Waals surface area (Å²) >= 11 is 0. The van der Waals surface area contributed by atoms with Crippen LogP contribution in [-0.4, -0.2) is 51.5 Å². The van der Waals surface area contributed by atoms with E-state index in [1.54, 1.807) is 11.0 Å². The average Bonchev–Trinajstić information content (AvgIpc) is 3.45. The van der Waals surface area contributed by atoms with Gasteiger partial charge in [0.15, 0.2) is 0 Å². The minimum Gasteiger partial charge on any atom is -0.361 e. The van der Waals surface area contributed by atoms with Gasteiger partial charge in [0.1, 0.15) is 17.4 Å². The molecule has 1 unspecified atom stereocenters. The Kier molecular flexibility index (Phi) is 6.01. The maximum Gasteiger partial charge on any atom is 0.224 e. The molecule has 2 amide bonds. The molecule has 164 valence electrons. The van der Waals surface area contributed by atoms with Gasteiger partial charge in [0, 0.05) is 38.0 Å². The first-order valence-corrected chi connectivity index (χ1v) is 10.5. The van der Waals surface area contributed by atoms with Crippen LogP contribution in [0.15, 0.2) is 22.7 Å². The molecule has 3 aromatic rings. The average molecular weight is 427 g/mol. The number of halogens is 1. The second-order valence-corrected chi connectivity index (χ2v) is 8.01. The molecule has 1 aromatic carbocycles. The van der Waals surface area contributed by atoms with Gasteiger partial charge in [-0.2, -0.15) is 0 Å². The van der Waals surface area contributed by atoms with Gasteiger partial charge in [0.2, 0.25) is 11.8 Å². The smallest absolute Gasteiger partial charge is 0.224 e. The maximum absolute atomic E-state index is 13.3. The topological polar surface area (TPSA) is 104 Å².